The van der Waals surface area contributed by atoms with Crippen LogP contribution in [0.2, 0.25) is 0 Å². The molecule has 1 aromatic heterocycles. The maximum atomic E-state index is 11.5. The summed E-state index contributed by atoms with van der Waals surface area (Å²) < 4.78 is 5.05. The van der Waals surface area contributed by atoms with Gasteiger partial charge in [-0.3, -0.25) is 0 Å². The second-order valence-corrected chi connectivity index (χ2v) is 3.77. The summed E-state index contributed by atoms with van der Waals surface area (Å²) in [7, 11) is 0. The number of amides is 2. The molecule has 19 heavy (non-hydrogen) atoms. The van der Waals surface area contributed by atoms with Crippen molar-refractivity contribution in [3.8, 4) is 0 Å². The van der Waals surface area contributed by atoms with Gasteiger partial charge in [-0.15, -0.1) is 0 Å². The summed E-state index contributed by atoms with van der Waals surface area (Å²) >= 11 is 0. The van der Waals surface area contributed by atoms with Crippen molar-refractivity contribution < 1.29 is 19.4 Å². The van der Waals surface area contributed by atoms with Crippen LogP contribution in [0, 0.1) is 0 Å². The average molecular weight is 270 g/mol. The Labute approximate surface area is 110 Å². The molecule has 0 aliphatic rings. The minimum absolute atomic E-state index is 0.147. The fourth-order valence-corrected chi connectivity index (χ4v) is 1.41. The van der Waals surface area contributed by atoms with Gasteiger partial charge in [-0.05, 0) is 6.92 Å². The number of carboxylic acids is 1. The molecule has 0 fully saturated rings. The monoisotopic (exact) mass is 270 g/mol. The number of ether oxygens (including phenoxy) is 1. The lowest BCUT2D eigenvalue weighted by molar-refractivity contribution is -0.139. The molecule has 0 radical (unpaired) electrons. The van der Waals surface area contributed by atoms with Crippen molar-refractivity contribution in [2.75, 3.05) is 19.8 Å². The predicted octanol–water partition coefficient (Wildman–Crippen LogP) is -0.259. The fraction of sp³-hybridized carbons (Fsp3) is 0.545. The first-order valence-corrected chi connectivity index (χ1v) is 5.95. The molecule has 0 bridgehead atoms. The highest BCUT2D eigenvalue weighted by atomic mass is 16.5. The Kier molecular flexibility index (Phi) is 6.37. The van der Waals surface area contributed by atoms with E-state index in [2.05, 4.69) is 20.6 Å². The Bertz CT molecular complexity index is 393. The summed E-state index contributed by atoms with van der Waals surface area (Å²) in [5.41, 5.74) is 0.641. The van der Waals surface area contributed by atoms with Crippen molar-refractivity contribution in [2.45, 2.75) is 19.4 Å². The molecule has 1 rings (SSSR count). The van der Waals surface area contributed by atoms with Gasteiger partial charge in [-0.25, -0.2) is 14.6 Å². The molecule has 0 saturated carbocycles. The summed E-state index contributed by atoms with van der Waals surface area (Å²) in [4.78, 5) is 29.1. The summed E-state index contributed by atoms with van der Waals surface area (Å²) in [5.74, 6) is -1.10. The third kappa shape index (κ3) is 5.87. The van der Waals surface area contributed by atoms with Crippen LogP contribution in [0.1, 0.15) is 12.6 Å². The number of hydrogen-bond donors (Lipinski definition) is 4. The van der Waals surface area contributed by atoms with Gasteiger partial charge in [0, 0.05) is 31.5 Å². The van der Waals surface area contributed by atoms with Crippen LogP contribution in [0.4, 0.5) is 4.79 Å². The molecule has 0 aliphatic carbocycles. The summed E-state index contributed by atoms with van der Waals surface area (Å²) in [6.07, 6.45) is 3.12. The van der Waals surface area contributed by atoms with E-state index < -0.39 is 18.0 Å². The smallest absolute Gasteiger partial charge is 0.326 e. The normalized spacial score (nSPS) is 11.8. The molecule has 1 heterocycles. The van der Waals surface area contributed by atoms with E-state index in [0.29, 0.717) is 25.5 Å². The highest BCUT2D eigenvalue weighted by molar-refractivity contribution is 5.82. The molecule has 0 unspecified atom stereocenters. The van der Waals surface area contributed by atoms with Crippen LogP contribution in [-0.4, -0.2) is 52.9 Å². The number of carboxylic acid groups (broad SMARTS) is 1. The van der Waals surface area contributed by atoms with Crippen molar-refractivity contribution >= 4 is 12.0 Å². The molecule has 0 saturated heterocycles. The van der Waals surface area contributed by atoms with Crippen LogP contribution >= 0.6 is 0 Å². The highest BCUT2D eigenvalue weighted by Gasteiger charge is 2.20. The van der Waals surface area contributed by atoms with Gasteiger partial charge in [-0.2, -0.15) is 0 Å². The Morgan fingerprint density at radius 3 is 2.95 bits per heavy atom. The van der Waals surface area contributed by atoms with Crippen LogP contribution in [0.5, 0.6) is 0 Å². The number of aliphatic carboxylic acids is 1. The topological polar surface area (TPSA) is 116 Å². The second kappa shape index (κ2) is 8.09. The summed E-state index contributed by atoms with van der Waals surface area (Å²) in [6, 6.07) is -1.54. The number of nitrogens with zero attached hydrogens (tertiary/aromatic N) is 1. The Balaban J connectivity index is 2.36. The molecule has 8 heteroatoms. The number of rotatable bonds is 8. The highest BCUT2D eigenvalue weighted by Crippen LogP contribution is 1.98. The molecular formula is C11H18N4O4. The summed E-state index contributed by atoms with van der Waals surface area (Å²) in [5, 5.41) is 13.9. The molecule has 106 valence electrons. The molecule has 1 atom stereocenters. The minimum Gasteiger partial charge on any atom is -0.480 e. The van der Waals surface area contributed by atoms with Crippen molar-refractivity contribution in [3.05, 3.63) is 18.2 Å². The maximum Gasteiger partial charge on any atom is 0.326 e. The van der Waals surface area contributed by atoms with Gasteiger partial charge in [0.1, 0.15) is 6.04 Å². The number of nitrogens with one attached hydrogen (secondary N) is 3. The van der Waals surface area contributed by atoms with Crippen LogP contribution in [0.3, 0.4) is 0 Å². The van der Waals surface area contributed by atoms with E-state index in [9.17, 15) is 9.59 Å². The minimum atomic E-state index is -1.10. The van der Waals surface area contributed by atoms with E-state index in [1.807, 2.05) is 6.92 Å². The van der Waals surface area contributed by atoms with Gasteiger partial charge in [0.2, 0.25) is 0 Å². The number of aromatic nitrogens is 2. The Morgan fingerprint density at radius 1 is 1.58 bits per heavy atom. The zero-order valence-corrected chi connectivity index (χ0v) is 10.7. The van der Waals surface area contributed by atoms with E-state index in [-0.39, 0.29) is 6.42 Å². The first-order valence-electron chi connectivity index (χ1n) is 5.95. The van der Waals surface area contributed by atoms with Crippen LogP contribution < -0.4 is 10.6 Å². The first kappa shape index (κ1) is 15.0. The zero-order chi connectivity index (χ0) is 14.1. The second-order valence-electron chi connectivity index (χ2n) is 3.77. The molecule has 8 nitrogen and oxygen atoms in total. The quantitative estimate of drug-likeness (QED) is 0.486. The van der Waals surface area contributed by atoms with Crippen LogP contribution in [-0.2, 0) is 16.0 Å². The molecule has 0 spiro atoms. The molecule has 1 aromatic rings. The van der Waals surface area contributed by atoms with Crippen molar-refractivity contribution in [3.63, 3.8) is 0 Å². The van der Waals surface area contributed by atoms with Gasteiger partial charge >= 0.3 is 12.0 Å². The Hall–Kier alpha value is -2.09. The number of urea groups is 1. The van der Waals surface area contributed by atoms with E-state index in [1.165, 1.54) is 12.5 Å². The molecule has 0 aromatic carbocycles. The van der Waals surface area contributed by atoms with Gasteiger partial charge in [0.05, 0.1) is 12.9 Å². The Morgan fingerprint density at radius 2 is 2.37 bits per heavy atom. The van der Waals surface area contributed by atoms with E-state index in [1.54, 1.807) is 0 Å². The maximum absolute atomic E-state index is 11.5. The van der Waals surface area contributed by atoms with Gasteiger partial charge in [0.15, 0.2) is 0 Å². The fourth-order valence-electron chi connectivity index (χ4n) is 1.41. The molecular weight excluding hydrogens is 252 g/mol. The van der Waals surface area contributed by atoms with Gasteiger partial charge in [-0.1, -0.05) is 0 Å². The molecule has 0 aliphatic heterocycles. The number of carbonyl (C=O) groups excluding carboxylic acids is 1. The SMILES string of the molecule is CCOCCNC(=O)N[C@@H](Cc1cnc[nH]1)C(=O)O. The molecule has 2 amide bonds. The third-order valence-corrected chi connectivity index (χ3v) is 2.32. The first-order chi connectivity index (χ1) is 9.13. The molecule has 4 N–H and O–H groups in total. The number of imidazole rings is 1. The number of aromatic amines is 1. The van der Waals surface area contributed by atoms with Gasteiger partial charge in [0.25, 0.3) is 0 Å². The largest absolute Gasteiger partial charge is 0.480 e. The standard InChI is InChI=1S/C11H18N4O4/c1-2-19-4-3-13-11(18)15-9(10(16)17)5-8-6-12-7-14-8/h6-7,9H,2-5H2,1H3,(H,12,14)(H,16,17)(H2,13,15,18)/t9-/m0/s1. The lowest BCUT2D eigenvalue weighted by Gasteiger charge is -2.14. The lowest BCUT2D eigenvalue weighted by atomic mass is 10.2. The van der Waals surface area contributed by atoms with E-state index in [0.717, 1.165) is 0 Å². The van der Waals surface area contributed by atoms with Crippen molar-refractivity contribution in [1.29, 1.82) is 0 Å². The number of hydrogen-bond acceptors (Lipinski definition) is 4. The zero-order valence-electron chi connectivity index (χ0n) is 10.7. The lowest BCUT2D eigenvalue weighted by Crippen LogP contribution is -2.47. The van der Waals surface area contributed by atoms with E-state index in [4.69, 9.17) is 9.84 Å². The van der Waals surface area contributed by atoms with Crippen molar-refractivity contribution in [1.82, 2.24) is 20.6 Å². The van der Waals surface area contributed by atoms with E-state index >= 15 is 0 Å². The third-order valence-electron chi connectivity index (χ3n) is 2.32. The summed E-state index contributed by atoms with van der Waals surface area (Å²) in [6.45, 7) is 3.14. The average Bonchev–Trinajstić information content (AvgIpc) is 2.86. The van der Waals surface area contributed by atoms with Crippen LogP contribution in [0.15, 0.2) is 12.5 Å². The number of carbonyl (C=O) groups is 2. The number of H-pyrrole nitrogens is 1. The predicted molar refractivity (Wildman–Crippen MR) is 66.7 cm³/mol. The van der Waals surface area contributed by atoms with Crippen molar-refractivity contribution in [2.24, 2.45) is 0 Å². The van der Waals surface area contributed by atoms with Crippen LogP contribution in [0.25, 0.3) is 0 Å². The van der Waals surface area contributed by atoms with Gasteiger partial charge < -0.3 is 25.5 Å².